The number of amides is 1. The number of carbonyl (C=O) groups is 1. The van der Waals surface area contributed by atoms with Crippen molar-refractivity contribution >= 4 is 11.9 Å². The van der Waals surface area contributed by atoms with Crippen LogP contribution in [0.3, 0.4) is 0 Å². The normalized spacial score (nSPS) is 15.9. The number of rotatable bonds is 9. The van der Waals surface area contributed by atoms with Crippen LogP contribution in [-0.2, 0) is 0 Å². The molecule has 1 aliphatic heterocycles. The second-order valence-corrected chi connectivity index (χ2v) is 7.01. The van der Waals surface area contributed by atoms with Crippen LogP contribution in [0, 0.1) is 0 Å². The Morgan fingerprint density at radius 1 is 1.18 bits per heavy atom. The van der Waals surface area contributed by atoms with Crippen molar-refractivity contribution in [3.63, 3.8) is 0 Å². The largest absolute Gasteiger partial charge is 0.497 e. The predicted octanol–water partition coefficient (Wildman–Crippen LogP) is 1.85. The monoisotopic (exact) mass is 389 g/mol. The van der Waals surface area contributed by atoms with Gasteiger partial charge in [-0.3, -0.25) is 9.79 Å². The van der Waals surface area contributed by atoms with Crippen molar-refractivity contribution in [1.29, 1.82) is 0 Å². The lowest BCUT2D eigenvalue weighted by Gasteiger charge is -2.32. The van der Waals surface area contributed by atoms with Gasteiger partial charge in [-0.15, -0.1) is 0 Å². The number of carbonyl (C=O) groups excluding carboxylic acids is 1. The van der Waals surface area contributed by atoms with Gasteiger partial charge in [0, 0.05) is 37.8 Å². The first kappa shape index (κ1) is 22.0. The summed E-state index contributed by atoms with van der Waals surface area (Å²) in [6.07, 6.45) is 3.49. The molecule has 0 unspecified atom stereocenters. The van der Waals surface area contributed by atoms with E-state index in [0.717, 1.165) is 44.2 Å². The molecule has 1 aromatic rings. The minimum atomic E-state index is -0.0980. The molecule has 2 rings (SSSR count). The summed E-state index contributed by atoms with van der Waals surface area (Å²) in [5, 5.41) is 9.74. The molecule has 0 atom stereocenters. The quantitative estimate of drug-likeness (QED) is 0.341. The van der Waals surface area contributed by atoms with Crippen LogP contribution in [0.25, 0.3) is 0 Å². The van der Waals surface area contributed by atoms with Gasteiger partial charge < -0.3 is 25.6 Å². The van der Waals surface area contributed by atoms with Gasteiger partial charge in [0.05, 0.1) is 13.7 Å². The highest BCUT2D eigenvalue weighted by Gasteiger charge is 2.19. The van der Waals surface area contributed by atoms with Gasteiger partial charge in [0.1, 0.15) is 5.75 Å². The second kappa shape index (κ2) is 12.2. The fourth-order valence-electron chi connectivity index (χ4n) is 3.31. The van der Waals surface area contributed by atoms with E-state index in [0.29, 0.717) is 24.7 Å². The standard InChI is InChI=1S/C21H35N5O2/c1-4-14-26-15-10-18(11-16-26)25-21(22-5-2)24-13-12-23-20(27)17-6-8-19(28-3)9-7-17/h6-9,18H,4-5,10-16H2,1-3H3,(H,23,27)(H2,22,24,25). The Morgan fingerprint density at radius 3 is 2.50 bits per heavy atom. The van der Waals surface area contributed by atoms with Crippen LogP contribution in [-0.4, -0.2) is 69.2 Å². The molecule has 0 spiro atoms. The SMILES string of the molecule is CCCN1CCC(NC(=NCCNC(=O)c2ccc(OC)cc2)NCC)CC1. The Bertz CT molecular complexity index is 610. The number of piperidine rings is 1. The number of benzene rings is 1. The lowest BCUT2D eigenvalue weighted by molar-refractivity contribution is 0.0954. The molecular weight excluding hydrogens is 354 g/mol. The molecule has 0 aliphatic carbocycles. The molecule has 0 saturated carbocycles. The van der Waals surface area contributed by atoms with Crippen LogP contribution in [0.4, 0.5) is 0 Å². The van der Waals surface area contributed by atoms with E-state index in [1.165, 1.54) is 13.0 Å². The number of nitrogens with one attached hydrogen (secondary N) is 3. The lowest BCUT2D eigenvalue weighted by atomic mass is 10.1. The number of nitrogens with zero attached hydrogens (tertiary/aromatic N) is 2. The van der Waals surface area contributed by atoms with Gasteiger partial charge in [-0.05, 0) is 57.0 Å². The van der Waals surface area contributed by atoms with Crippen LogP contribution in [0.1, 0.15) is 43.5 Å². The highest BCUT2D eigenvalue weighted by molar-refractivity contribution is 5.94. The molecule has 1 aromatic carbocycles. The van der Waals surface area contributed by atoms with Crippen molar-refractivity contribution < 1.29 is 9.53 Å². The summed E-state index contributed by atoms with van der Waals surface area (Å²) in [4.78, 5) is 19.3. The molecule has 1 fully saturated rings. The summed E-state index contributed by atoms with van der Waals surface area (Å²) in [5.41, 5.74) is 0.619. The highest BCUT2D eigenvalue weighted by atomic mass is 16.5. The molecule has 0 bridgehead atoms. The van der Waals surface area contributed by atoms with Gasteiger partial charge in [0.15, 0.2) is 5.96 Å². The molecule has 156 valence electrons. The molecule has 1 saturated heterocycles. The van der Waals surface area contributed by atoms with Crippen molar-refractivity contribution in [2.75, 3.05) is 46.4 Å². The van der Waals surface area contributed by atoms with E-state index in [1.807, 2.05) is 0 Å². The topological polar surface area (TPSA) is 78.0 Å². The van der Waals surface area contributed by atoms with E-state index in [1.54, 1.807) is 31.4 Å². The summed E-state index contributed by atoms with van der Waals surface area (Å²) in [7, 11) is 1.61. The van der Waals surface area contributed by atoms with Crippen molar-refractivity contribution in [2.24, 2.45) is 4.99 Å². The molecule has 1 heterocycles. The van der Waals surface area contributed by atoms with Crippen molar-refractivity contribution in [3.05, 3.63) is 29.8 Å². The summed E-state index contributed by atoms with van der Waals surface area (Å²) in [5.74, 6) is 1.47. The zero-order valence-electron chi connectivity index (χ0n) is 17.5. The Kier molecular flexibility index (Phi) is 9.62. The lowest BCUT2D eigenvalue weighted by Crippen LogP contribution is -2.49. The fourth-order valence-corrected chi connectivity index (χ4v) is 3.31. The van der Waals surface area contributed by atoms with Gasteiger partial charge in [-0.1, -0.05) is 6.92 Å². The van der Waals surface area contributed by atoms with Gasteiger partial charge in [-0.25, -0.2) is 0 Å². The van der Waals surface area contributed by atoms with Crippen molar-refractivity contribution in [2.45, 2.75) is 39.2 Å². The first-order valence-corrected chi connectivity index (χ1v) is 10.4. The van der Waals surface area contributed by atoms with E-state index >= 15 is 0 Å². The Balaban J connectivity index is 1.75. The van der Waals surface area contributed by atoms with Crippen molar-refractivity contribution in [1.82, 2.24) is 20.9 Å². The molecule has 7 nitrogen and oxygen atoms in total. The summed E-state index contributed by atoms with van der Waals surface area (Å²) in [6, 6.07) is 7.54. The first-order chi connectivity index (χ1) is 13.7. The third-order valence-corrected chi connectivity index (χ3v) is 4.83. The van der Waals surface area contributed by atoms with E-state index in [9.17, 15) is 4.79 Å². The molecule has 1 amide bonds. The Labute approximate surface area is 168 Å². The van der Waals surface area contributed by atoms with Gasteiger partial charge in [0.2, 0.25) is 0 Å². The molecular formula is C21H35N5O2. The Hall–Kier alpha value is -2.28. The van der Waals surface area contributed by atoms with Crippen LogP contribution in [0.15, 0.2) is 29.3 Å². The number of hydrogen-bond donors (Lipinski definition) is 3. The zero-order chi connectivity index (χ0) is 20.2. The van der Waals surface area contributed by atoms with Gasteiger partial charge in [0.25, 0.3) is 5.91 Å². The summed E-state index contributed by atoms with van der Waals surface area (Å²) in [6.45, 7) is 9.61. The van der Waals surface area contributed by atoms with E-state index < -0.39 is 0 Å². The number of aliphatic imine (C=N–C) groups is 1. The maximum absolute atomic E-state index is 12.2. The van der Waals surface area contributed by atoms with E-state index in [2.05, 4.69) is 39.7 Å². The van der Waals surface area contributed by atoms with Crippen LogP contribution in [0.5, 0.6) is 5.75 Å². The van der Waals surface area contributed by atoms with Crippen LogP contribution in [0.2, 0.25) is 0 Å². The van der Waals surface area contributed by atoms with Crippen LogP contribution >= 0.6 is 0 Å². The van der Waals surface area contributed by atoms with Crippen LogP contribution < -0.4 is 20.7 Å². The van der Waals surface area contributed by atoms with Gasteiger partial charge >= 0.3 is 0 Å². The maximum Gasteiger partial charge on any atom is 0.251 e. The average molecular weight is 390 g/mol. The Morgan fingerprint density at radius 2 is 1.89 bits per heavy atom. The van der Waals surface area contributed by atoms with Gasteiger partial charge in [-0.2, -0.15) is 0 Å². The summed E-state index contributed by atoms with van der Waals surface area (Å²) >= 11 is 0. The molecule has 1 aliphatic rings. The maximum atomic E-state index is 12.2. The number of guanidine groups is 1. The average Bonchev–Trinajstić information content (AvgIpc) is 2.72. The second-order valence-electron chi connectivity index (χ2n) is 7.01. The van der Waals surface area contributed by atoms with Crippen molar-refractivity contribution in [3.8, 4) is 5.75 Å². The molecule has 28 heavy (non-hydrogen) atoms. The minimum Gasteiger partial charge on any atom is -0.497 e. The first-order valence-electron chi connectivity index (χ1n) is 10.4. The third kappa shape index (κ3) is 7.38. The molecule has 0 aromatic heterocycles. The molecule has 3 N–H and O–H groups in total. The summed E-state index contributed by atoms with van der Waals surface area (Å²) < 4.78 is 5.11. The highest BCUT2D eigenvalue weighted by Crippen LogP contribution is 2.11. The minimum absolute atomic E-state index is 0.0980. The van der Waals surface area contributed by atoms with E-state index in [-0.39, 0.29) is 5.91 Å². The molecule has 7 heteroatoms. The fraction of sp³-hybridized carbons (Fsp3) is 0.619. The molecule has 0 radical (unpaired) electrons. The zero-order valence-corrected chi connectivity index (χ0v) is 17.5. The number of hydrogen-bond acceptors (Lipinski definition) is 4. The smallest absolute Gasteiger partial charge is 0.251 e. The number of likely N-dealkylation sites (tertiary alicyclic amines) is 1. The number of methoxy groups -OCH3 is 1. The predicted molar refractivity (Wildman–Crippen MR) is 114 cm³/mol. The van der Waals surface area contributed by atoms with E-state index in [4.69, 9.17) is 4.74 Å². The number of ether oxygens (including phenoxy) is 1. The third-order valence-electron chi connectivity index (χ3n) is 4.83.